The van der Waals surface area contributed by atoms with E-state index in [-0.39, 0.29) is 35.4 Å². The number of benzene rings is 1. The fourth-order valence-corrected chi connectivity index (χ4v) is 3.88. The molecule has 0 saturated heterocycles. The zero-order chi connectivity index (χ0) is 22.1. The third-order valence-corrected chi connectivity index (χ3v) is 5.75. The largest absolute Gasteiger partial charge is 0.348 e. The van der Waals surface area contributed by atoms with Crippen LogP contribution in [0.15, 0.2) is 46.0 Å². The van der Waals surface area contributed by atoms with Gasteiger partial charge < -0.3 is 9.88 Å². The molecule has 3 heterocycles. The molecule has 0 radical (unpaired) electrons. The molecule has 162 valence electrons. The molecule has 1 amide bonds. The van der Waals surface area contributed by atoms with E-state index < -0.39 is 0 Å². The predicted octanol–water partition coefficient (Wildman–Crippen LogP) is 1.37. The van der Waals surface area contributed by atoms with Crippen molar-refractivity contribution in [3.63, 3.8) is 0 Å². The number of aryl methyl sites for hydroxylation is 2. The minimum atomic E-state index is -0.324. The SMILES string of the molecule is Cc1cc(=O)cc(C(=O)NC2CCc3nn(Cc4ccc(F)cc4)c(=O)n3CC2)n1C. The number of carbonyl (C=O) groups is 1. The monoisotopic (exact) mass is 425 g/mol. The molecule has 1 unspecified atom stereocenters. The summed E-state index contributed by atoms with van der Waals surface area (Å²) < 4.78 is 17.8. The summed E-state index contributed by atoms with van der Waals surface area (Å²) in [5.74, 6) is 0.0453. The number of hydrogen-bond donors (Lipinski definition) is 1. The third kappa shape index (κ3) is 4.35. The Labute approximate surface area is 177 Å². The van der Waals surface area contributed by atoms with Gasteiger partial charge in [0.2, 0.25) is 0 Å². The Morgan fingerprint density at radius 2 is 1.94 bits per heavy atom. The Kier molecular flexibility index (Phi) is 5.58. The van der Waals surface area contributed by atoms with Gasteiger partial charge in [0.15, 0.2) is 5.43 Å². The molecule has 2 aromatic heterocycles. The van der Waals surface area contributed by atoms with Gasteiger partial charge in [0.25, 0.3) is 5.91 Å². The van der Waals surface area contributed by atoms with Crippen molar-refractivity contribution < 1.29 is 9.18 Å². The maximum atomic E-state index is 13.1. The number of nitrogens with zero attached hydrogens (tertiary/aromatic N) is 4. The van der Waals surface area contributed by atoms with Crippen molar-refractivity contribution in [1.29, 1.82) is 0 Å². The zero-order valence-electron chi connectivity index (χ0n) is 17.5. The molecule has 9 heteroatoms. The number of hydrogen-bond acceptors (Lipinski definition) is 4. The molecule has 1 N–H and O–H groups in total. The first-order chi connectivity index (χ1) is 14.8. The molecule has 4 rings (SSSR count). The van der Waals surface area contributed by atoms with Crippen LogP contribution in [0.1, 0.15) is 40.4 Å². The molecule has 31 heavy (non-hydrogen) atoms. The highest BCUT2D eigenvalue weighted by Gasteiger charge is 2.23. The summed E-state index contributed by atoms with van der Waals surface area (Å²) in [5.41, 5.74) is 1.40. The fraction of sp³-hybridized carbons (Fsp3) is 0.364. The van der Waals surface area contributed by atoms with Crippen molar-refractivity contribution in [2.75, 3.05) is 0 Å². The Morgan fingerprint density at radius 1 is 1.19 bits per heavy atom. The summed E-state index contributed by atoms with van der Waals surface area (Å²) in [7, 11) is 1.75. The Hall–Kier alpha value is -3.49. The topological polar surface area (TPSA) is 90.9 Å². The van der Waals surface area contributed by atoms with Crippen LogP contribution in [-0.4, -0.2) is 30.9 Å². The summed E-state index contributed by atoms with van der Waals surface area (Å²) in [6.45, 7) is 2.50. The highest BCUT2D eigenvalue weighted by molar-refractivity contribution is 5.92. The number of nitrogens with one attached hydrogen (secondary N) is 1. The number of fused-ring (bicyclic) bond motifs is 1. The van der Waals surface area contributed by atoms with Crippen LogP contribution in [0.25, 0.3) is 0 Å². The molecule has 0 saturated carbocycles. The number of amides is 1. The fourth-order valence-electron chi connectivity index (χ4n) is 3.88. The number of aromatic nitrogens is 4. The lowest BCUT2D eigenvalue weighted by molar-refractivity contribution is 0.0923. The standard InChI is InChI=1S/C22H24FN5O3/c1-14-11-18(29)12-19(26(14)2)21(30)24-17-7-8-20-25-28(22(31)27(20)10-9-17)13-15-3-5-16(23)6-4-15/h3-6,11-12,17H,7-10,13H2,1-2H3,(H,24,30). The highest BCUT2D eigenvalue weighted by Crippen LogP contribution is 2.13. The van der Waals surface area contributed by atoms with E-state index in [2.05, 4.69) is 10.4 Å². The van der Waals surface area contributed by atoms with Crippen LogP contribution in [0.2, 0.25) is 0 Å². The quantitative estimate of drug-likeness (QED) is 0.684. The normalized spacial score (nSPS) is 15.9. The summed E-state index contributed by atoms with van der Waals surface area (Å²) in [6.07, 6.45) is 1.77. The molecule has 0 bridgehead atoms. The van der Waals surface area contributed by atoms with Crippen molar-refractivity contribution >= 4 is 5.91 Å². The van der Waals surface area contributed by atoms with E-state index in [1.807, 2.05) is 0 Å². The zero-order valence-corrected chi connectivity index (χ0v) is 17.5. The summed E-state index contributed by atoms with van der Waals surface area (Å²) in [4.78, 5) is 37.3. The Morgan fingerprint density at radius 3 is 2.68 bits per heavy atom. The Bertz CT molecular complexity index is 1240. The molecule has 0 aliphatic carbocycles. The smallest absolute Gasteiger partial charge is 0.346 e. The van der Waals surface area contributed by atoms with E-state index in [4.69, 9.17) is 0 Å². The molecular weight excluding hydrogens is 401 g/mol. The van der Waals surface area contributed by atoms with Crippen molar-refractivity contribution in [3.05, 3.63) is 85.7 Å². The van der Waals surface area contributed by atoms with Gasteiger partial charge in [-0.25, -0.2) is 13.9 Å². The van der Waals surface area contributed by atoms with Crippen LogP contribution < -0.4 is 16.4 Å². The predicted molar refractivity (Wildman–Crippen MR) is 113 cm³/mol. The maximum absolute atomic E-state index is 13.1. The van der Waals surface area contributed by atoms with Crippen LogP contribution in [0.3, 0.4) is 0 Å². The van der Waals surface area contributed by atoms with E-state index >= 15 is 0 Å². The van der Waals surface area contributed by atoms with Crippen molar-refractivity contribution in [2.45, 2.75) is 45.3 Å². The molecule has 1 atom stereocenters. The second-order valence-electron chi connectivity index (χ2n) is 7.91. The number of rotatable bonds is 4. The van der Waals surface area contributed by atoms with Gasteiger partial charge in [-0.2, -0.15) is 5.10 Å². The first-order valence-corrected chi connectivity index (χ1v) is 10.2. The molecule has 1 aliphatic rings. The first-order valence-electron chi connectivity index (χ1n) is 10.2. The molecule has 1 aliphatic heterocycles. The van der Waals surface area contributed by atoms with Gasteiger partial charge in [-0.1, -0.05) is 12.1 Å². The van der Waals surface area contributed by atoms with Crippen LogP contribution in [0.4, 0.5) is 4.39 Å². The lowest BCUT2D eigenvalue weighted by Gasteiger charge is -2.18. The van der Waals surface area contributed by atoms with Gasteiger partial charge in [0, 0.05) is 43.9 Å². The first kappa shape index (κ1) is 20.8. The lowest BCUT2D eigenvalue weighted by atomic mass is 10.1. The van der Waals surface area contributed by atoms with Crippen LogP contribution in [-0.2, 0) is 26.6 Å². The van der Waals surface area contributed by atoms with Gasteiger partial charge in [-0.3, -0.25) is 14.2 Å². The second kappa shape index (κ2) is 8.33. The van der Waals surface area contributed by atoms with E-state index in [1.54, 1.807) is 35.2 Å². The second-order valence-corrected chi connectivity index (χ2v) is 7.91. The summed E-state index contributed by atoms with van der Waals surface area (Å²) in [5, 5.41) is 7.44. The maximum Gasteiger partial charge on any atom is 0.346 e. The van der Waals surface area contributed by atoms with E-state index in [1.165, 1.54) is 28.9 Å². The van der Waals surface area contributed by atoms with Crippen LogP contribution in [0.5, 0.6) is 0 Å². The van der Waals surface area contributed by atoms with Gasteiger partial charge in [-0.15, -0.1) is 0 Å². The van der Waals surface area contributed by atoms with Crippen LogP contribution in [0, 0.1) is 12.7 Å². The Balaban J connectivity index is 1.45. The highest BCUT2D eigenvalue weighted by atomic mass is 19.1. The van der Waals surface area contributed by atoms with Crippen molar-refractivity contribution in [3.8, 4) is 0 Å². The van der Waals surface area contributed by atoms with Gasteiger partial charge in [0.05, 0.1) is 6.54 Å². The average Bonchev–Trinajstić information content (AvgIpc) is 2.89. The summed E-state index contributed by atoms with van der Waals surface area (Å²) in [6, 6.07) is 8.68. The third-order valence-electron chi connectivity index (χ3n) is 5.75. The van der Waals surface area contributed by atoms with Gasteiger partial charge in [0.1, 0.15) is 17.3 Å². The minimum Gasteiger partial charge on any atom is -0.348 e. The number of pyridine rings is 1. The molecular formula is C22H24FN5O3. The van der Waals surface area contributed by atoms with Gasteiger partial charge >= 0.3 is 5.69 Å². The number of carbonyl (C=O) groups excluding carboxylic acids is 1. The van der Waals surface area contributed by atoms with E-state index in [0.29, 0.717) is 43.0 Å². The molecule has 0 spiro atoms. The summed E-state index contributed by atoms with van der Waals surface area (Å²) >= 11 is 0. The van der Waals surface area contributed by atoms with E-state index in [9.17, 15) is 18.8 Å². The average molecular weight is 425 g/mol. The van der Waals surface area contributed by atoms with Crippen LogP contribution >= 0.6 is 0 Å². The molecule has 1 aromatic carbocycles. The van der Waals surface area contributed by atoms with Crippen molar-refractivity contribution in [1.82, 2.24) is 24.2 Å². The van der Waals surface area contributed by atoms with E-state index in [0.717, 1.165) is 5.56 Å². The molecule has 3 aromatic rings. The number of halogens is 1. The molecule has 0 fully saturated rings. The van der Waals surface area contributed by atoms with Gasteiger partial charge in [-0.05, 0) is 37.5 Å². The minimum absolute atomic E-state index is 0.130. The lowest BCUT2D eigenvalue weighted by Crippen LogP contribution is -2.37. The van der Waals surface area contributed by atoms with Crippen molar-refractivity contribution in [2.24, 2.45) is 7.05 Å². The molecule has 8 nitrogen and oxygen atoms in total.